The predicted molar refractivity (Wildman–Crippen MR) is 74.4 cm³/mol. The van der Waals surface area contributed by atoms with Crippen LogP contribution in [-0.2, 0) is 0 Å². The smallest absolute Gasteiger partial charge is 0.125 e. The number of rotatable bonds is 2. The van der Waals surface area contributed by atoms with Crippen LogP contribution in [-0.4, -0.2) is 19.2 Å². The molecule has 98 valence electrons. The van der Waals surface area contributed by atoms with E-state index in [2.05, 4.69) is 31.3 Å². The van der Waals surface area contributed by atoms with E-state index in [0.29, 0.717) is 5.92 Å². The third kappa shape index (κ3) is 1.93. The minimum atomic E-state index is 0.679. The van der Waals surface area contributed by atoms with Gasteiger partial charge >= 0.3 is 0 Å². The van der Waals surface area contributed by atoms with Crippen LogP contribution in [0.1, 0.15) is 48.3 Å². The molecule has 3 rings (SSSR count). The molecule has 2 unspecified atom stereocenters. The maximum absolute atomic E-state index is 5.68. The molecule has 0 aromatic heterocycles. The first-order chi connectivity index (χ1) is 8.69. The summed E-state index contributed by atoms with van der Waals surface area (Å²) in [5, 5.41) is 3.71. The fraction of sp³-hybridized carbons (Fsp3) is 0.625. The Bertz CT molecular complexity index is 443. The van der Waals surface area contributed by atoms with E-state index in [1.54, 1.807) is 7.11 Å². The van der Waals surface area contributed by atoms with E-state index < -0.39 is 0 Å². The van der Waals surface area contributed by atoms with E-state index in [4.69, 9.17) is 4.74 Å². The standard InChI is InChI=1S/C16H23NO/c1-10-4-7-15(16(18-3)11(10)2)12-8-13-5-6-14(9-12)17-13/h4,7,12-14,17H,5-6,8-9H2,1-3H3. The minimum absolute atomic E-state index is 0.679. The maximum atomic E-state index is 5.68. The van der Waals surface area contributed by atoms with Gasteiger partial charge in [0.15, 0.2) is 0 Å². The van der Waals surface area contributed by atoms with Crippen molar-refractivity contribution >= 4 is 0 Å². The number of methoxy groups -OCH3 is 1. The molecular weight excluding hydrogens is 222 g/mol. The lowest BCUT2D eigenvalue weighted by Gasteiger charge is -2.31. The van der Waals surface area contributed by atoms with E-state index in [0.717, 1.165) is 17.8 Å². The average Bonchev–Trinajstić information content (AvgIpc) is 2.71. The van der Waals surface area contributed by atoms with Crippen LogP contribution in [0.15, 0.2) is 12.1 Å². The van der Waals surface area contributed by atoms with Gasteiger partial charge in [0, 0.05) is 12.1 Å². The Morgan fingerprint density at radius 3 is 2.39 bits per heavy atom. The second kappa shape index (κ2) is 4.58. The summed E-state index contributed by atoms with van der Waals surface area (Å²) in [6.45, 7) is 4.33. The lowest BCUT2D eigenvalue weighted by molar-refractivity contribution is 0.347. The highest BCUT2D eigenvalue weighted by Gasteiger charge is 2.35. The van der Waals surface area contributed by atoms with Gasteiger partial charge in [-0.1, -0.05) is 12.1 Å². The van der Waals surface area contributed by atoms with Gasteiger partial charge in [0.25, 0.3) is 0 Å². The van der Waals surface area contributed by atoms with Gasteiger partial charge in [0.05, 0.1) is 7.11 Å². The summed E-state index contributed by atoms with van der Waals surface area (Å²) in [5.41, 5.74) is 4.06. The van der Waals surface area contributed by atoms with Crippen molar-refractivity contribution in [2.75, 3.05) is 7.11 Å². The first-order valence-corrected chi connectivity index (χ1v) is 7.09. The van der Waals surface area contributed by atoms with Crippen LogP contribution in [0.5, 0.6) is 5.75 Å². The van der Waals surface area contributed by atoms with Crippen molar-refractivity contribution in [1.82, 2.24) is 5.32 Å². The van der Waals surface area contributed by atoms with Crippen LogP contribution in [0.3, 0.4) is 0 Å². The lowest BCUT2D eigenvalue weighted by Crippen LogP contribution is -2.37. The maximum Gasteiger partial charge on any atom is 0.125 e. The van der Waals surface area contributed by atoms with E-state index in [1.165, 1.54) is 42.4 Å². The molecule has 0 spiro atoms. The molecule has 0 saturated carbocycles. The molecule has 2 aliphatic heterocycles. The number of aryl methyl sites for hydroxylation is 1. The molecule has 1 N–H and O–H groups in total. The van der Waals surface area contributed by atoms with Gasteiger partial charge in [-0.3, -0.25) is 0 Å². The zero-order chi connectivity index (χ0) is 12.7. The monoisotopic (exact) mass is 245 g/mol. The summed E-state index contributed by atoms with van der Waals surface area (Å²) < 4.78 is 5.68. The van der Waals surface area contributed by atoms with Gasteiger partial charge in [-0.15, -0.1) is 0 Å². The number of nitrogens with one attached hydrogen (secondary N) is 1. The third-order valence-electron chi connectivity index (χ3n) is 4.82. The Morgan fingerprint density at radius 1 is 1.11 bits per heavy atom. The molecule has 2 heterocycles. The van der Waals surface area contributed by atoms with E-state index >= 15 is 0 Å². The molecule has 2 heteroatoms. The van der Waals surface area contributed by atoms with Gasteiger partial charge in [-0.05, 0) is 62.1 Å². The second-order valence-corrected chi connectivity index (χ2v) is 5.94. The molecule has 1 aromatic rings. The zero-order valence-electron chi connectivity index (χ0n) is 11.6. The molecule has 0 aliphatic carbocycles. The number of fused-ring (bicyclic) bond motifs is 2. The average molecular weight is 245 g/mol. The third-order valence-corrected chi connectivity index (χ3v) is 4.82. The fourth-order valence-corrected chi connectivity index (χ4v) is 3.71. The molecule has 0 radical (unpaired) electrons. The fourth-order valence-electron chi connectivity index (χ4n) is 3.71. The summed E-state index contributed by atoms with van der Waals surface area (Å²) in [6.07, 6.45) is 5.26. The summed E-state index contributed by atoms with van der Waals surface area (Å²) in [6, 6.07) is 6.01. The molecule has 0 amide bonds. The van der Waals surface area contributed by atoms with E-state index in [1.807, 2.05) is 0 Å². The van der Waals surface area contributed by atoms with E-state index in [-0.39, 0.29) is 0 Å². The summed E-state index contributed by atoms with van der Waals surface area (Å²) >= 11 is 0. The largest absolute Gasteiger partial charge is 0.496 e. The van der Waals surface area contributed by atoms with E-state index in [9.17, 15) is 0 Å². The van der Waals surface area contributed by atoms with Crippen molar-refractivity contribution in [3.63, 3.8) is 0 Å². The topological polar surface area (TPSA) is 21.3 Å². The van der Waals surface area contributed by atoms with Crippen LogP contribution < -0.4 is 10.1 Å². The summed E-state index contributed by atoms with van der Waals surface area (Å²) in [4.78, 5) is 0. The quantitative estimate of drug-likeness (QED) is 0.863. The van der Waals surface area contributed by atoms with Gasteiger partial charge < -0.3 is 10.1 Å². The van der Waals surface area contributed by atoms with Crippen LogP contribution in [0, 0.1) is 13.8 Å². The molecule has 2 fully saturated rings. The lowest BCUT2D eigenvalue weighted by atomic mass is 9.84. The normalized spacial score (nSPS) is 30.5. The molecule has 18 heavy (non-hydrogen) atoms. The predicted octanol–water partition coefficient (Wildman–Crippen LogP) is 3.31. The van der Waals surface area contributed by atoms with Crippen molar-refractivity contribution in [2.45, 2.75) is 57.5 Å². The summed E-state index contributed by atoms with van der Waals surface area (Å²) in [5.74, 6) is 1.80. The SMILES string of the molecule is COc1c(C2CC3CCC(C2)N3)ccc(C)c1C. The number of ether oxygens (including phenoxy) is 1. The number of hydrogen-bond donors (Lipinski definition) is 1. The first-order valence-electron chi connectivity index (χ1n) is 7.09. The Hall–Kier alpha value is -1.02. The highest BCUT2D eigenvalue weighted by Crippen LogP contribution is 2.42. The highest BCUT2D eigenvalue weighted by molar-refractivity contribution is 5.47. The van der Waals surface area contributed by atoms with Gasteiger partial charge in [-0.25, -0.2) is 0 Å². The Labute approximate surface area is 110 Å². The molecule has 2 bridgehead atoms. The van der Waals surface area contributed by atoms with Crippen molar-refractivity contribution in [3.05, 3.63) is 28.8 Å². The Kier molecular flexibility index (Phi) is 3.06. The molecule has 2 saturated heterocycles. The minimum Gasteiger partial charge on any atom is -0.496 e. The number of hydrogen-bond acceptors (Lipinski definition) is 2. The molecule has 2 nitrogen and oxygen atoms in total. The Morgan fingerprint density at radius 2 is 1.78 bits per heavy atom. The second-order valence-electron chi connectivity index (χ2n) is 5.94. The van der Waals surface area contributed by atoms with Crippen molar-refractivity contribution in [1.29, 1.82) is 0 Å². The molecule has 2 atom stereocenters. The van der Waals surface area contributed by atoms with Crippen molar-refractivity contribution in [2.24, 2.45) is 0 Å². The number of piperidine rings is 1. The molecule has 1 aromatic carbocycles. The van der Waals surface area contributed by atoms with Gasteiger partial charge in [-0.2, -0.15) is 0 Å². The van der Waals surface area contributed by atoms with Gasteiger partial charge in [0.2, 0.25) is 0 Å². The van der Waals surface area contributed by atoms with Gasteiger partial charge in [0.1, 0.15) is 5.75 Å². The highest BCUT2D eigenvalue weighted by atomic mass is 16.5. The van der Waals surface area contributed by atoms with Crippen molar-refractivity contribution < 1.29 is 4.74 Å². The van der Waals surface area contributed by atoms with Crippen LogP contribution in [0.25, 0.3) is 0 Å². The van der Waals surface area contributed by atoms with Crippen molar-refractivity contribution in [3.8, 4) is 5.75 Å². The summed E-state index contributed by atoms with van der Waals surface area (Å²) in [7, 11) is 1.81. The Balaban J connectivity index is 1.94. The van der Waals surface area contributed by atoms with Crippen LogP contribution >= 0.6 is 0 Å². The molecule has 2 aliphatic rings. The zero-order valence-corrected chi connectivity index (χ0v) is 11.6. The van der Waals surface area contributed by atoms with Crippen LogP contribution in [0.4, 0.5) is 0 Å². The first kappa shape index (κ1) is 12.0. The number of benzene rings is 1. The van der Waals surface area contributed by atoms with Crippen LogP contribution in [0.2, 0.25) is 0 Å². The molecular formula is C16H23NO.